The van der Waals surface area contributed by atoms with Crippen LogP contribution in [0.2, 0.25) is 0 Å². The summed E-state index contributed by atoms with van der Waals surface area (Å²) < 4.78 is 23.4. The van der Waals surface area contributed by atoms with Crippen molar-refractivity contribution in [3.63, 3.8) is 0 Å². The first kappa shape index (κ1) is 14.4. The maximum Gasteiger partial charge on any atom is 0.276 e. The molecule has 6 nitrogen and oxygen atoms in total. The third-order valence-electron chi connectivity index (χ3n) is 3.10. The summed E-state index contributed by atoms with van der Waals surface area (Å²) in [6, 6.07) is 0. The van der Waals surface area contributed by atoms with Gasteiger partial charge in [-0.05, 0) is 19.3 Å². The Bertz CT molecular complexity index is 361. The van der Waals surface area contributed by atoms with E-state index in [9.17, 15) is 13.2 Å². The Labute approximate surface area is 103 Å². The van der Waals surface area contributed by atoms with Gasteiger partial charge in [-0.3, -0.25) is 4.79 Å². The monoisotopic (exact) mass is 263 g/mol. The smallest absolute Gasteiger partial charge is 0.276 e. The van der Waals surface area contributed by atoms with Crippen LogP contribution in [-0.2, 0) is 15.0 Å². The van der Waals surface area contributed by atoms with Gasteiger partial charge in [0.15, 0.2) is 0 Å². The van der Waals surface area contributed by atoms with Gasteiger partial charge in [-0.2, -0.15) is 12.7 Å². The van der Waals surface area contributed by atoms with Gasteiger partial charge in [0.05, 0.1) is 0 Å². The number of carbonyl (C=O) groups is 1. The average Bonchev–Trinajstić information content (AvgIpc) is 2.27. The van der Waals surface area contributed by atoms with Crippen LogP contribution in [0.1, 0.15) is 26.2 Å². The van der Waals surface area contributed by atoms with E-state index in [-0.39, 0.29) is 11.8 Å². The summed E-state index contributed by atoms with van der Waals surface area (Å²) in [4.78, 5) is 13.7. The van der Waals surface area contributed by atoms with E-state index in [2.05, 4.69) is 0 Å². The first-order valence-electron chi connectivity index (χ1n) is 5.89. The van der Waals surface area contributed by atoms with E-state index in [0.717, 1.165) is 13.0 Å². The summed E-state index contributed by atoms with van der Waals surface area (Å²) in [6.45, 7) is 3.45. The zero-order valence-corrected chi connectivity index (χ0v) is 11.2. The van der Waals surface area contributed by atoms with Crippen molar-refractivity contribution in [2.45, 2.75) is 26.2 Å². The van der Waals surface area contributed by atoms with Crippen LogP contribution in [0.15, 0.2) is 0 Å². The number of hydrogen-bond acceptors (Lipinski definition) is 3. The molecule has 1 saturated heterocycles. The number of hydrogen-bond donors (Lipinski definition) is 1. The van der Waals surface area contributed by atoms with Crippen molar-refractivity contribution < 1.29 is 13.2 Å². The van der Waals surface area contributed by atoms with E-state index in [1.54, 1.807) is 11.9 Å². The Balaban J connectivity index is 2.49. The van der Waals surface area contributed by atoms with E-state index in [0.29, 0.717) is 25.9 Å². The van der Waals surface area contributed by atoms with E-state index in [4.69, 9.17) is 5.14 Å². The van der Waals surface area contributed by atoms with Crippen molar-refractivity contribution in [1.82, 2.24) is 9.21 Å². The van der Waals surface area contributed by atoms with E-state index >= 15 is 0 Å². The maximum atomic E-state index is 12.0. The fraction of sp³-hybridized carbons (Fsp3) is 0.900. The average molecular weight is 263 g/mol. The minimum absolute atomic E-state index is 0.0652. The lowest BCUT2D eigenvalue weighted by atomic mass is 9.96. The predicted molar refractivity (Wildman–Crippen MR) is 65.3 cm³/mol. The van der Waals surface area contributed by atoms with Gasteiger partial charge in [0, 0.05) is 32.6 Å². The Morgan fingerprint density at radius 1 is 1.41 bits per heavy atom. The van der Waals surface area contributed by atoms with Crippen molar-refractivity contribution in [2.24, 2.45) is 11.1 Å². The minimum Gasteiger partial charge on any atom is -0.346 e. The van der Waals surface area contributed by atoms with Crippen LogP contribution in [0, 0.1) is 5.92 Å². The van der Waals surface area contributed by atoms with E-state index in [1.807, 2.05) is 6.92 Å². The van der Waals surface area contributed by atoms with Crippen LogP contribution in [-0.4, -0.2) is 50.2 Å². The van der Waals surface area contributed by atoms with Gasteiger partial charge in [0.2, 0.25) is 5.91 Å². The number of amides is 1. The summed E-state index contributed by atoms with van der Waals surface area (Å²) in [6.07, 6.45) is 2.05. The number of nitrogens with zero attached hydrogens (tertiary/aromatic N) is 2. The van der Waals surface area contributed by atoms with Gasteiger partial charge in [0.25, 0.3) is 10.2 Å². The normalized spacial score (nSPS) is 19.2. The molecular weight excluding hydrogens is 242 g/mol. The van der Waals surface area contributed by atoms with Crippen LogP contribution in [0.5, 0.6) is 0 Å². The minimum atomic E-state index is -3.60. The van der Waals surface area contributed by atoms with Crippen LogP contribution < -0.4 is 5.14 Å². The molecule has 0 aromatic heterocycles. The predicted octanol–water partition coefficient (Wildman–Crippen LogP) is -0.230. The molecule has 0 atom stereocenters. The first-order valence-corrected chi connectivity index (χ1v) is 7.39. The Hall–Kier alpha value is -0.660. The summed E-state index contributed by atoms with van der Waals surface area (Å²) in [7, 11) is -1.81. The second-order valence-corrected chi connectivity index (χ2v) is 6.02. The summed E-state index contributed by atoms with van der Waals surface area (Å²) in [5, 5.41) is 5.04. The molecule has 0 aliphatic carbocycles. The third-order valence-corrected chi connectivity index (χ3v) is 4.18. The fourth-order valence-electron chi connectivity index (χ4n) is 2.11. The molecule has 17 heavy (non-hydrogen) atoms. The zero-order valence-electron chi connectivity index (χ0n) is 10.4. The quantitative estimate of drug-likeness (QED) is 0.760. The standard InChI is InChI=1S/C10H21N3O3S/c1-3-6-12(2)10(14)9-4-7-13(8-5-9)17(11,15)16/h9H,3-8H2,1-2H3,(H2,11,15,16). The Kier molecular flexibility index (Phi) is 4.91. The van der Waals surface area contributed by atoms with Crippen molar-refractivity contribution in [3.8, 4) is 0 Å². The second-order valence-electron chi connectivity index (χ2n) is 4.48. The lowest BCUT2D eigenvalue weighted by Gasteiger charge is -2.31. The molecule has 1 heterocycles. The van der Waals surface area contributed by atoms with Crippen molar-refractivity contribution in [1.29, 1.82) is 0 Å². The van der Waals surface area contributed by atoms with Gasteiger partial charge < -0.3 is 4.90 Å². The molecular formula is C10H21N3O3S. The van der Waals surface area contributed by atoms with Crippen LogP contribution >= 0.6 is 0 Å². The van der Waals surface area contributed by atoms with E-state index < -0.39 is 10.2 Å². The molecule has 1 aliphatic heterocycles. The van der Waals surface area contributed by atoms with Gasteiger partial charge in [-0.15, -0.1) is 0 Å². The van der Waals surface area contributed by atoms with Gasteiger partial charge in [-0.25, -0.2) is 5.14 Å². The highest BCUT2D eigenvalue weighted by molar-refractivity contribution is 7.86. The molecule has 1 amide bonds. The summed E-state index contributed by atoms with van der Waals surface area (Å²) >= 11 is 0. The molecule has 1 rings (SSSR count). The molecule has 0 aromatic rings. The molecule has 1 fully saturated rings. The van der Waals surface area contributed by atoms with E-state index in [1.165, 1.54) is 4.31 Å². The van der Waals surface area contributed by atoms with Gasteiger partial charge in [0.1, 0.15) is 0 Å². The molecule has 2 N–H and O–H groups in total. The SMILES string of the molecule is CCCN(C)C(=O)C1CCN(S(N)(=O)=O)CC1. The van der Waals surface area contributed by atoms with Gasteiger partial charge >= 0.3 is 0 Å². The van der Waals surface area contributed by atoms with Crippen molar-refractivity contribution in [3.05, 3.63) is 0 Å². The number of piperidine rings is 1. The van der Waals surface area contributed by atoms with Crippen molar-refractivity contribution >= 4 is 16.1 Å². The third kappa shape index (κ3) is 3.93. The number of carbonyl (C=O) groups excluding carboxylic acids is 1. The fourth-order valence-corrected chi connectivity index (χ4v) is 2.83. The molecule has 0 spiro atoms. The topological polar surface area (TPSA) is 83.7 Å². The highest BCUT2D eigenvalue weighted by Crippen LogP contribution is 2.20. The van der Waals surface area contributed by atoms with Crippen molar-refractivity contribution in [2.75, 3.05) is 26.7 Å². The highest BCUT2D eigenvalue weighted by atomic mass is 32.2. The molecule has 0 bridgehead atoms. The Morgan fingerprint density at radius 3 is 2.35 bits per heavy atom. The first-order chi connectivity index (χ1) is 7.86. The largest absolute Gasteiger partial charge is 0.346 e. The Morgan fingerprint density at radius 2 is 1.94 bits per heavy atom. The van der Waals surface area contributed by atoms with Gasteiger partial charge in [-0.1, -0.05) is 6.92 Å². The molecule has 0 aromatic carbocycles. The zero-order chi connectivity index (χ0) is 13.1. The van der Waals surface area contributed by atoms with Crippen LogP contribution in [0.25, 0.3) is 0 Å². The molecule has 7 heteroatoms. The molecule has 0 unspecified atom stereocenters. The molecule has 1 aliphatic rings. The lowest BCUT2D eigenvalue weighted by Crippen LogP contribution is -2.45. The molecule has 100 valence electrons. The van der Waals surface area contributed by atoms with Crippen LogP contribution in [0.3, 0.4) is 0 Å². The highest BCUT2D eigenvalue weighted by Gasteiger charge is 2.30. The lowest BCUT2D eigenvalue weighted by molar-refractivity contribution is -0.135. The number of nitrogens with two attached hydrogens (primary N) is 1. The van der Waals surface area contributed by atoms with Crippen LogP contribution in [0.4, 0.5) is 0 Å². The molecule has 0 saturated carbocycles. The molecule has 0 radical (unpaired) electrons. The summed E-state index contributed by atoms with van der Waals surface area (Å²) in [5.41, 5.74) is 0. The summed E-state index contributed by atoms with van der Waals surface area (Å²) in [5.74, 6) is 0.0467. The number of rotatable bonds is 4. The maximum absolute atomic E-state index is 12.0. The second kappa shape index (κ2) is 5.79.